The van der Waals surface area contributed by atoms with Gasteiger partial charge in [0, 0.05) is 12.2 Å². The van der Waals surface area contributed by atoms with Crippen LogP contribution < -0.4 is 10.1 Å². The number of aryl methyl sites for hydroxylation is 1. The van der Waals surface area contributed by atoms with Gasteiger partial charge in [-0.3, -0.25) is 0 Å². The second-order valence-corrected chi connectivity index (χ2v) is 7.11. The summed E-state index contributed by atoms with van der Waals surface area (Å²) in [5.41, 5.74) is 0.862. The number of amides is 2. The van der Waals surface area contributed by atoms with Gasteiger partial charge in [0.1, 0.15) is 5.75 Å². The summed E-state index contributed by atoms with van der Waals surface area (Å²) in [4.78, 5) is 14.3. The van der Waals surface area contributed by atoms with E-state index in [1.54, 1.807) is 18.7 Å². The molecule has 1 heterocycles. The lowest BCUT2D eigenvalue weighted by Gasteiger charge is -2.33. The third-order valence-corrected chi connectivity index (χ3v) is 4.54. The maximum absolute atomic E-state index is 12.6. The average Bonchev–Trinajstić information content (AvgIpc) is 3.00. The van der Waals surface area contributed by atoms with Crippen molar-refractivity contribution in [2.45, 2.75) is 65.0 Å². The van der Waals surface area contributed by atoms with Crippen LogP contribution in [-0.2, 0) is 0 Å². The fourth-order valence-corrected chi connectivity index (χ4v) is 3.13. The second-order valence-electron chi connectivity index (χ2n) is 7.11. The van der Waals surface area contributed by atoms with E-state index < -0.39 is 5.60 Å². The number of carbonyl (C=O) groups is 1. The number of nitrogens with zero attached hydrogens (tertiary/aromatic N) is 1. The zero-order chi connectivity index (χ0) is 17.7. The third-order valence-electron chi connectivity index (χ3n) is 4.54. The van der Waals surface area contributed by atoms with Gasteiger partial charge in [0.2, 0.25) is 0 Å². The minimum Gasteiger partial charge on any atom is -0.494 e. The summed E-state index contributed by atoms with van der Waals surface area (Å²) in [7, 11) is 0. The highest BCUT2D eigenvalue weighted by Gasteiger charge is 2.38. The highest BCUT2D eigenvalue weighted by Crippen LogP contribution is 2.28. The van der Waals surface area contributed by atoms with E-state index in [1.165, 1.54) is 0 Å². The Labute approximate surface area is 145 Å². The first kappa shape index (κ1) is 18.6. The van der Waals surface area contributed by atoms with E-state index >= 15 is 0 Å². The van der Waals surface area contributed by atoms with Gasteiger partial charge in [-0.15, -0.1) is 0 Å². The lowest BCUT2D eigenvalue weighted by molar-refractivity contribution is 0.0117. The van der Waals surface area contributed by atoms with Crippen molar-refractivity contribution in [2.75, 3.05) is 18.5 Å². The Morgan fingerprint density at radius 2 is 2.21 bits per heavy atom. The molecule has 0 saturated carbocycles. The number of anilines is 1. The van der Waals surface area contributed by atoms with Crippen LogP contribution in [0.1, 0.15) is 52.0 Å². The molecule has 24 heavy (non-hydrogen) atoms. The second kappa shape index (κ2) is 7.88. The smallest absolute Gasteiger partial charge is 0.322 e. The van der Waals surface area contributed by atoms with Gasteiger partial charge in [0.05, 0.1) is 18.2 Å². The first-order valence-corrected chi connectivity index (χ1v) is 8.86. The average molecular weight is 334 g/mol. The van der Waals surface area contributed by atoms with Crippen LogP contribution in [0.15, 0.2) is 18.2 Å². The summed E-state index contributed by atoms with van der Waals surface area (Å²) in [5, 5.41) is 13.2. The van der Waals surface area contributed by atoms with Crippen molar-refractivity contribution < 1.29 is 14.6 Å². The molecule has 0 bridgehead atoms. The van der Waals surface area contributed by atoms with Crippen molar-refractivity contribution >= 4 is 11.7 Å². The number of ether oxygens (including phenoxy) is 1. The summed E-state index contributed by atoms with van der Waals surface area (Å²) >= 11 is 0. The van der Waals surface area contributed by atoms with Crippen LogP contribution in [0.5, 0.6) is 5.75 Å². The third kappa shape index (κ3) is 4.63. The van der Waals surface area contributed by atoms with E-state index in [2.05, 4.69) is 12.2 Å². The van der Waals surface area contributed by atoms with E-state index in [0.717, 1.165) is 42.7 Å². The lowest BCUT2D eigenvalue weighted by Crippen LogP contribution is -2.49. The van der Waals surface area contributed by atoms with Crippen LogP contribution in [-0.4, -0.2) is 40.8 Å². The molecule has 0 spiro atoms. The molecule has 1 saturated heterocycles. The van der Waals surface area contributed by atoms with Gasteiger partial charge < -0.3 is 20.1 Å². The SMILES string of the molecule is CCCCOc1ccc(NC(=O)N2CCCC2C(C)(C)O)c(C)c1. The first-order chi connectivity index (χ1) is 11.3. The molecule has 1 fully saturated rings. The van der Waals surface area contributed by atoms with Crippen molar-refractivity contribution in [3.8, 4) is 5.75 Å². The number of benzene rings is 1. The van der Waals surface area contributed by atoms with Gasteiger partial charge >= 0.3 is 6.03 Å². The Morgan fingerprint density at radius 1 is 1.46 bits per heavy atom. The zero-order valence-corrected chi connectivity index (χ0v) is 15.3. The maximum atomic E-state index is 12.6. The largest absolute Gasteiger partial charge is 0.494 e. The van der Waals surface area contributed by atoms with Crippen LogP contribution in [0.2, 0.25) is 0 Å². The number of aliphatic hydroxyl groups is 1. The summed E-state index contributed by atoms with van der Waals surface area (Å²) in [6.45, 7) is 9.00. The van der Waals surface area contributed by atoms with Crippen molar-refractivity contribution in [3.05, 3.63) is 23.8 Å². The predicted molar refractivity (Wildman–Crippen MR) is 96.6 cm³/mol. The van der Waals surface area contributed by atoms with Crippen molar-refractivity contribution in [1.82, 2.24) is 4.90 Å². The van der Waals surface area contributed by atoms with Crippen LogP contribution in [0.3, 0.4) is 0 Å². The highest BCUT2D eigenvalue weighted by atomic mass is 16.5. The summed E-state index contributed by atoms with van der Waals surface area (Å²) < 4.78 is 5.69. The molecule has 5 heteroatoms. The molecule has 134 valence electrons. The zero-order valence-electron chi connectivity index (χ0n) is 15.3. The Balaban J connectivity index is 2.01. The number of urea groups is 1. The Hall–Kier alpha value is -1.75. The van der Waals surface area contributed by atoms with Crippen LogP contribution in [0, 0.1) is 6.92 Å². The van der Waals surface area contributed by atoms with Crippen molar-refractivity contribution in [3.63, 3.8) is 0 Å². The van der Waals surface area contributed by atoms with E-state index in [4.69, 9.17) is 4.74 Å². The van der Waals surface area contributed by atoms with E-state index in [-0.39, 0.29) is 12.1 Å². The van der Waals surface area contributed by atoms with Crippen molar-refractivity contribution in [1.29, 1.82) is 0 Å². The van der Waals surface area contributed by atoms with Crippen LogP contribution in [0.25, 0.3) is 0 Å². The van der Waals surface area contributed by atoms with Gasteiger partial charge in [-0.05, 0) is 63.8 Å². The molecule has 1 aromatic carbocycles. The van der Waals surface area contributed by atoms with Gasteiger partial charge in [0.15, 0.2) is 0 Å². The Bertz CT molecular complexity index is 566. The normalized spacial score (nSPS) is 17.9. The van der Waals surface area contributed by atoms with Crippen LogP contribution >= 0.6 is 0 Å². The molecule has 2 rings (SSSR count). The maximum Gasteiger partial charge on any atom is 0.322 e. The van der Waals surface area contributed by atoms with Crippen molar-refractivity contribution in [2.24, 2.45) is 0 Å². The number of unbranched alkanes of at least 4 members (excludes halogenated alkanes) is 1. The molecular formula is C19H30N2O3. The molecule has 2 N–H and O–H groups in total. The summed E-state index contributed by atoms with van der Waals surface area (Å²) in [6.07, 6.45) is 3.89. The van der Waals surface area contributed by atoms with Gasteiger partial charge in [-0.2, -0.15) is 0 Å². The number of hydrogen-bond acceptors (Lipinski definition) is 3. The van der Waals surface area contributed by atoms with E-state index in [9.17, 15) is 9.90 Å². The van der Waals surface area contributed by atoms with E-state index in [1.807, 2.05) is 25.1 Å². The number of carbonyl (C=O) groups excluding carboxylic acids is 1. The molecule has 1 unspecified atom stereocenters. The molecule has 2 amide bonds. The fourth-order valence-electron chi connectivity index (χ4n) is 3.13. The summed E-state index contributed by atoms with van der Waals surface area (Å²) in [5.74, 6) is 0.828. The van der Waals surface area contributed by atoms with E-state index in [0.29, 0.717) is 13.2 Å². The molecule has 5 nitrogen and oxygen atoms in total. The van der Waals surface area contributed by atoms with Gasteiger partial charge in [-0.25, -0.2) is 4.79 Å². The molecule has 1 aliphatic heterocycles. The topological polar surface area (TPSA) is 61.8 Å². The summed E-state index contributed by atoms with van der Waals surface area (Å²) in [6, 6.07) is 5.42. The number of nitrogens with one attached hydrogen (secondary N) is 1. The Kier molecular flexibility index (Phi) is 6.10. The molecule has 0 radical (unpaired) electrons. The predicted octanol–water partition coefficient (Wildman–Crippen LogP) is 3.94. The molecular weight excluding hydrogens is 304 g/mol. The Morgan fingerprint density at radius 3 is 2.83 bits per heavy atom. The fraction of sp³-hybridized carbons (Fsp3) is 0.632. The quantitative estimate of drug-likeness (QED) is 0.775. The molecule has 0 aliphatic carbocycles. The minimum absolute atomic E-state index is 0.144. The highest BCUT2D eigenvalue weighted by molar-refractivity contribution is 5.90. The minimum atomic E-state index is -0.889. The lowest BCUT2D eigenvalue weighted by atomic mass is 9.97. The number of rotatable bonds is 6. The van der Waals surface area contributed by atoms with Crippen LogP contribution in [0.4, 0.5) is 10.5 Å². The molecule has 1 aromatic rings. The first-order valence-electron chi connectivity index (χ1n) is 8.86. The molecule has 0 aromatic heterocycles. The number of likely N-dealkylation sites (tertiary alicyclic amines) is 1. The van der Waals surface area contributed by atoms with Gasteiger partial charge in [-0.1, -0.05) is 13.3 Å². The monoisotopic (exact) mass is 334 g/mol. The standard InChI is InChI=1S/C19H30N2O3/c1-5-6-12-24-15-9-10-16(14(2)13-15)20-18(22)21-11-7-8-17(21)19(3,4)23/h9-10,13,17,23H,5-8,11-12H2,1-4H3,(H,20,22). The molecule has 1 atom stereocenters. The number of hydrogen-bond donors (Lipinski definition) is 2. The molecule has 1 aliphatic rings. The van der Waals surface area contributed by atoms with Gasteiger partial charge in [0.25, 0.3) is 0 Å².